The molecule has 24 heavy (non-hydrogen) atoms. The monoisotopic (exact) mass is 326 g/mol. The van der Waals surface area contributed by atoms with Crippen LogP contribution in [-0.4, -0.2) is 17.5 Å². The van der Waals surface area contributed by atoms with Crippen LogP contribution in [0.15, 0.2) is 17.7 Å². The van der Waals surface area contributed by atoms with Gasteiger partial charge >= 0.3 is 0 Å². The molecule has 3 rings (SSSR count). The molecule has 2 aliphatic carbocycles. The van der Waals surface area contributed by atoms with Crippen LogP contribution in [0.25, 0.3) is 5.57 Å². The molecular weight excluding hydrogens is 296 g/mol. The molecule has 0 spiro atoms. The predicted molar refractivity (Wildman–Crippen MR) is 99.0 cm³/mol. The Hall–Kier alpha value is -1.41. The molecule has 0 bridgehead atoms. The molecule has 2 aliphatic rings. The average molecular weight is 326 g/mol. The molecule has 0 amide bonds. The molecule has 2 heteroatoms. The van der Waals surface area contributed by atoms with Crippen LogP contribution in [0.1, 0.15) is 68.2 Å². The first-order valence-corrected chi connectivity index (χ1v) is 9.58. The number of benzene rings is 1. The van der Waals surface area contributed by atoms with Crippen LogP contribution in [0.5, 0.6) is 0 Å². The van der Waals surface area contributed by atoms with Gasteiger partial charge in [0.05, 0.1) is 0 Å². The van der Waals surface area contributed by atoms with Crippen molar-refractivity contribution in [1.29, 1.82) is 0 Å². The minimum Gasteiger partial charge on any atom is -0.396 e. The van der Waals surface area contributed by atoms with Gasteiger partial charge in [0, 0.05) is 18.6 Å². The minimum absolute atomic E-state index is 0.191. The lowest BCUT2D eigenvalue weighted by molar-refractivity contribution is -0.115. The summed E-state index contributed by atoms with van der Waals surface area (Å²) in [6.07, 6.45) is 6.76. The lowest BCUT2D eigenvalue weighted by atomic mass is 9.75. The molecule has 0 saturated heterocycles. The van der Waals surface area contributed by atoms with Gasteiger partial charge in [0.15, 0.2) is 5.78 Å². The first-order valence-electron chi connectivity index (χ1n) is 9.58. The van der Waals surface area contributed by atoms with Crippen molar-refractivity contribution in [1.82, 2.24) is 0 Å². The fourth-order valence-electron chi connectivity index (χ4n) is 4.34. The fourth-order valence-corrected chi connectivity index (χ4v) is 4.34. The summed E-state index contributed by atoms with van der Waals surface area (Å²) in [7, 11) is 0. The van der Waals surface area contributed by atoms with Crippen molar-refractivity contribution >= 4 is 11.4 Å². The van der Waals surface area contributed by atoms with Crippen molar-refractivity contribution < 1.29 is 9.90 Å². The summed E-state index contributed by atoms with van der Waals surface area (Å²) < 4.78 is 0. The Morgan fingerprint density at radius 1 is 1.08 bits per heavy atom. The second-order valence-electron chi connectivity index (χ2n) is 7.55. The first-order chi connectivity index (χ1) is 11.6. The summed E-state index contributed by atoms with van der Waals surface area (Å²) in [5, 5.41) is 9.30. The maximum atomic E-state index is 13.1. The zero-order valence-electron chi connectivity index (χ0n) is 15.3. The molecule has 130 valence electrons. The van der Waals surface area contributed by atoms with E-state index in [1.54, 1.807) is 0 Å². The molecular formula is C22H30O2. The number of aliphatic hydroxyl groups is 1. The van der Waals surface area contributed by atoms with Crippen LogP contribution >= 0.6 is 0 Å². The van der Waals surface area contributed by atoms with E-state index in [1.165, 1.54) is 40.7 Å². The maximum absolute atomic E-state index is 13.1. The van der Waals surface area contributed by atoms with E-state index >= 15 is 0 Å². The molecule has 1 aromatic rings. The number of aliphatic hydroxyl groups excluding tert-OH is 1. The fraction of sp³-hybridized carbons (Fsp3) is 0.591. The topological polar surface area (TPSA) is 37.3 Å². The number of carbonyl (C=O) groups is 1. The molecule has 0 radical (unpaired) electrons. The number of carbonyl (C=O) groups excluding carboxylic acids is 1. The Bertz CT molecular complexity index is 640. The number of aryl methyl sites for hydroxylation is 3. The third kappa shape index (κ3) is 3.35. The number of hydrogen-bond acceptors (Lipinski definition) is 2. The van der Waals surface area contributed by atoms with Crippen LogP contribution in [0.2, 0.25) is 0 Å². The molecule has 1 aromatic carbocycles. The van der Waals surface area contributed by atoms with Gasteiger partial charge in [-0.05, 0) is 74.0 Å². The molecule has 0 aliphatic heterocycles. The molecule has 0 heterocycles. The zero-order valence-corrected chi connectivity index (χ0v) is 15.3. The van der Waals surface area contributed by atoms with E-state index in [9.17, 15) is 9.90 Å². The minimum atomic E-state index is 0.191. The van der Waals surface area contributed by atoms with Gasteiger partial charge in [-0.1, -0.05) is 37.1 Å². The highest BCUT2D eigenvalue weighted by Gasteiger charge is 2.37. The molecule has 1 atom stereocenters. The van der Waals surface area contributed by atoms with Crippen molar-refractivity contribution in [2.45, 2.75) is 65.7 Å². The van der Waals surface area contributed by atoms with Gasteiger partial charge in [-0.15, -0.1) is 0 Å². The second-order valence-corrected chi connectivity index (χ2v) is 7.55. The van der Waals surface area contributed by atoms with E-state index in [-0.39, 0.29) is 6.61 Å². The van der Waals surface area contributed by atoms with E-state index in [4.69, 9.17) is 0 Å². The SMILES string of the molecule is CCc1cc(C)cc(CC)c1C1=C(C2CC2)CC(CCO)CC1=O. The third-order valence-electron chi connectivity index (χ3n) is 5.65. The summed E-state index contributed by atoms with van der Waals surface area (Å²) in [4.78, 5) is 13.1. The van der Waals surface area contributed by atoms with Crippen LogP contribution in [-0.2, 0) is 17.6 Å². The first kappa shape index (κ1) is 17.4. The number of Topliss-reactive ketones (excluding diaryl/α,β-unsaturated/α-hetero) is 1. The van der Waals surface area contributed by atoms with Gasteiger partial charge in [0.1, 0.15) is 0 Å². The smallest absolute Gasteiger partial charge is 0.163 e. The van der Waals surface area contributed by atoms with Crippen molar-refractivity contribution in [2.24, 2.45) is 11.8 Å². The largest absolute Gasteiger partial charge is 0.396 e. The van der Waals surface area contributed by atoms with Gasteiger partial charge in [-0.25, -0.2) is 0 Å². The van der Waals surface area contributed by atoms with Gasteiger partial charge in [0.25, 0.3) is 0 Å². The Kier molecular flexibility index (Phi) is 5.24. The van der Waals surface area contributed by atoms with Crippen molar-refractivity contribution in [3.05, 3.63) is 40.0 Å². The summed E-state index contributed by atoms with van der Waals surface area (Å²) in [6.45, 7) is 6.72. The van der Waals surface area contributed by atoms with Crippen molar-refractivity contribution in [2.75, 3.05) is 6.61 Å². The highest BCUT2D eigenvalue weighted by atomic mass is 16.3. The lowest BCUT2D eigenvalue weighted by Crippen LogP contribution is -2.22. The van der Waals surface area contributed by atoms with E-state index in [2.05, 4.69) is 32.9 Å². The molecule has 2 nitrogen and oxygen atoms in total. The Labute approximate surface area is 146 Å². The highest BCUT2D eigenvalue weighted by molar-refractivity contribution is 6.23. The molecule has 1 saturated carbocycles. The standard InChI is InChI=1S/C22H30O2/c1-4-16-10-14(3)11-17(5-2)21(16)22-19(18-6-7-18)12-15(8-9-23)13-20(22)24/h10-11,15,18,23H,4-9,12-13H2,1-3H3. The lowest BCUT2D eigenvalue weighted by Gasteiger charge is -2.29. The van der Waals surface area contributed by atoms with Crippen LogP contribution in [0.4, 0.5) is 0 Å². The van der Waals surface area contributed by atoms with Crippen LogP contribution in [0, 0.1) is 18.8 Å². The van der Waals surface area contributed by atoms with Crippen LogP contribution in [0.3, 0.4) is 0 Å². The van der Waals surface area contributed by atoms with E-state index in [0.29, 0.717) is 24.0 Å². The Morgan fingerprint density at radius 2 is 1.71 bits per heavy atom. The zero-order chi connectivity index (χ0) is 17.3. The van der Waals surface area contributed by atoms with Gasteiger partial charge < -0.3 is 5.11 Å². The van der Waals surface area contributed by atoms with Crippen molar-refractivity contribution in [3.63, 3.8) is 0 Å². The summed E-state index contributed by atoms with van der Waals surface area (Å²) >= 11 is 0. The number of hydrogen-bond donors (Lipinski definition) is 1. The second kappa shape index (κ2) is 7.23. The number of allylic oxidation sites excluding steroid dienone is 2. The summed E-state index contributed by atoms with van der Waals surface area (Å²) in [6, 6.07) is 4.53. The molecule has 1 unspecified atom stereocenters. The quantitative estimate of drug-likeness (QED) is 0.826. The number of ketones is 1. The van der Waals surface area contributed by atoms with E-state index < -0.39 is 0 Å². The Morgan fingerprint density at radius 3 is 2.21 bits per heavy atom. The van der Waals surface area contributed by atoms with E-state index in [1.807, 2.05) is 0 Å². The van der Waals surface area contributed by atoms with E-state index in [0.717, 1.165) is 31.3 Å². The average Bonchev–Trinajstić information content (AvgIpc) is 3.39. The van der Waals surface area contributed by atoms with Crippen molar-refractivity contribution in [3.8, 4) is 0 Å². The maximum Gasteiger partial charge on any atom is 0.163 e. The normalized spacial score (nSPS) is 21.5. The third-order valence-corrected chi connectivity index (χ3v) is 5.65. The molecule has 0 aromatic heterocycles. The van der Waals surface area contributed by atoms with Crippen LogP contribution < -0.4 is 0 Å². The Balaban J connectivity index is 2.15. The van der Waals surface area contributed by atoms with Gasteiger partial charge in [0.2, 0.25) is 0 Å². The molecule has 1 N–H and O–H groups in total. The predicted octanol–water partition coefficient (Wildman–Crippen LogP) is 4.64. The van der Waals surface area contributed by atoms with Gasteiger partial charge in [-0.3, -0.25) is 4.79 Å². The number of rotatable bonds is 6. The molecule has 1 fully saturated rings. The summed E-state index contributed by atoms with van der Waals surface area (Å²) in [5.41, 5.74) is 7.66. The summed E-state index contributed by atoms with van der Waals surface area (Å²) in [5.74, 6) is 1.26. The van der Waals surface area contributed by atoms with Gasteiger partial charge in [-0.2, -0.15) is 0 Å². The highest BCUT2D eigenvalue weighted by Crippen LogP contribution is 2.48.